The van der Waals surface area contributed by atoms with Crippen LogP contribution in [0.2, 0.25) is 0 Å². The number of hydrogen-bond donors (Lipinski definition) is 0. The Morgan fingerprint density at radius 1 is 1.75 bits per heavy atom. The summed E-state index contributed by atoms with van der Waals surface area (Å²) in [5.41, 5.74) is 0. The summed E-state index contributed by atoms with van der Waals surface area (Å²) in [5, 5.41) is 0. The van der Waals surface area contributed by atoms with Crippen molar-refractivity contribution in [3.05, 3.63) is 0 Å². The summed E-state index contributed by atoms with van der Waals surface area (Å²) < 4.78 is 0. The molecule has 25 valence electrons. The van der Waals surface area contributed by atoms with Crippen LogP contribution in [0, 0.1) is 0 Å². The molecule has 0 aliphatic rings. The van der Waals surface area contributed by atoms with Crippen molar-refractivity contribution in [2.45, 2.75) is 0 Å². The lowest BCUT2D eigenvalue weighted by Gasteiger charge is -1.65. The lowest BCUT2D eigenvalue weighted by Crippen LogP contribution is -1.17. The normalized spacial score (nSPS) is 7.50. The minimum atomic E-state index is 1.36. The van der Waals surface area contributed by atoms with Crippen molar-refractivity contribution in [2.75, 3.05) is 6.26 Å². The SMILES string of the molecule is CSS[S]. The predicted molar refractivity (Wildman–Crippen MR) is 28.7 cm³/mol. The van der Waals surface area contributed by atoms with Crippen LogP contribution in [-0.2, 0) is 0 Å². The van der Waals surface area contributed by atoms with Crippen LogP contribution in [0.5, 0.6) is 0 Å². The summed E-state index contributed by atoms with van der Waals surface area (Å²) in [6.45, 7) is 0. The molecule has 0 aromatic carbocycles. The first-order chi connectivity index (χ1) is 1.91. The van der Waals surface area contributed by atoms with Crippen molar-refractivity contribution in [3.63, 3.8) is 0 Å². The van der Waals surface area contributed by atoms with Crippen molar-refractivity contribution in [1.29, 1.82) is 0 Å². The van der Waals surface area contributed by atoms with Gasteiger partial charge >= 0.3 is 0 Å². The van der Waals surface area contributed by atoms with Crippen molar-refractivity contribution in [2.24, 2.45) is 0 Å². The minimum Gasteiger partial charge on any atom is -0.0851 e. The monoisotopic (exact) mass is 111 g/mol. The van der Waals surface area contributed by atoms with E-state index < -0.39 is 0 Å². The van der Waals surface area contributed by atoms with Crippen LogP contribution >= 0.6 is 32.3 Å². The van der Waals surface area contributed by atoms with Crippen molar-refractivity contribution >= 4 is 32.3 Å². The lowest BCUT2D eigenvalue weighted by molar-refractivity contribution is 2.55. The standard InChI is InChI=1S/CH3S3/c1-3-4-2/h1H3. The zero-order chi connectivity index (χ0) is 3.41. The second kappa shape index (κ2) is 4.05. The van der Waals surface area contributed by atoms with E-state index >= 15 is 0 Å². The van der Waals surface area contributed by atoms with E-state index in [4.69, 9.17) is 0 Å². The smallest absolute Gasteiger partial charge is 0.000898 e. The molecule has 0 aromatic rings. The van der Waals surface area contributed by atoms with Crippen LogP contribution in [0.3, 0.4) is 0 Å². The van der Waals surface area contributed by atoms with Crippen LogP contribution < -0.4 is 0 Å². The second-order valence-corrected chi connectivity index (χ2v) is 3.34. The third kappa shape index (κ3) is 3.05. The molecule has 0 fully saturated rings. The van der Waals surface area contributed by atoms with E-state index in [9.17, 15) is 0 Å². The summed E-state index contributed by atoms with van der Waals surface area (Å²) in [7, 11) is 2.94. The van der Waals surface area contributed by atoms with Crippen molar-refractivity contribution < 1.29 is 0 Å². The van der Waals surface area contributed by atoms with Gasteiger partial charge in [-0.05, 0) is 27.7 Å². The third-order valence-corrected chi connectivity index (χ3v) is 1.84. The van der Waals surface area contributed by atoms with Crippen molar-refractivity contribution in [3.8, 4) is 0 Å². The molecular formula is CH3S3. The van der Waals surface area contributed by atoms with Crippen LogP contribution in [0.1, 0.15) is 0 Å². The molecule has 0 spiro atoms. The van der Waals surface area contributed by atoms with Gasteiger partial charge in [0, 0.05) is 0 Å². The maximum absolute atomic E-state index is 4.43. The Morgan fingerprint density at radius 2 is 2.00 bits per heavy atom. The molecule has 0 bridgehead atoms. The molecule has 0 amide bonds. The molecule has 0 aliphatic heterocycles. The molecule has 1 radical (unpaired) electrons. The van der Waals surface area contributed by atoms with Crippen LogP contribution in [0.15, 0.2) is 0 Å². The van der Waals surface area contributed by atoms with Gasteiger partial charge in [-0.3, -0.25) is 0 Å². The van der Waals surface area contributed by atoms with Gasteiger partial charge in [0.2, 0.25) is 0 Å². The topological polar surface area (TPSA) is 0 Å². The van der Waals surface area contributed by atoms with E-state index in [1.165, 1.54) is 9.83 Å². The van der Waals surface area contributed by atoms with Crippen LogP contribution in [-0.4, -0.2) is 6.26 Å². The Bertz CT molecular complexity index is 5.25. The van der Waals surface area contributed by atoms with Gasteiger partial charge in [-0.1, -0.05) is 10.8 Å². The van der Waals surface area contributed by atoms with Crippen molar-refractivity contribution in [1.82, 2.24) is 0 Å². The summed E-state index contributed by atoms with van der Waals surface area (Å²) >= 11 is 4.43. The molecule has 0 aliphatic carbocycles. The Morgan fingerprint density at radius 3 is 2.00 bits per heavy atom. The first-order valence-corrected chi connectivity index (χ1v) is 4.22. The minimum absolute atomic E-state index is 1.36. The average molecular weight is 111 g/mol. The summed E-state index contributed by atoms with van der Waals surface area (Å²) in [5.74, 6) is 0. The third-order valence-electron chi connectivity index (χ3n) is 0.0680. The number of hydrogen-bond acceptors (Lipinski definition) is 2. The first-order valence-electron chi connectivity index (χ1n) is 0.742. The van der Waals surface area contributed by atoms with Gasteiger partial charge in [-0.2, -0.15) is 0 Å². The first kappa shape index (κ1) is 5.05. The number of rotatable bonds is 1. The molecule has 0 atom stereocenters. The fourth-order valence-corrected chi connectivity index (χ4v) is 0. The Kier molecular flexibility index (Phi) is 5.11. The zero-order valence-electron chi connectivity index (χ0n) is 2.22. The van der Waals surface area contributed by atoms with E-state index in [0.29, 0.717) is 0 Å². The van der Waals surface area contributed by atoms with Crippen LogP contribution in [0.4, 0.5) is 0 Å². The maximum Gasteiger partial charge on any atom is -0.000898 e. The molecule has 0 unspecified atom stereocenters. The molecule has 0 heterocycles. The molecule has 0 saturated heterocycles. The molecule has 0 aromatic heterocycles. The Hall–Kier alpha value is 1.05. The van der Waals surface area contributed by atoms with Gasteiger partial charge in [0.1, 0.15) is 0 Å². The highest BCUT2D eigenvalue weighted by atomic mass is 33.5. The van der Waals surface area contributed by atoms with Gasteiger partial charge in [-0.15, -0.1) is 0 Å². The van der Waals surface area contributed by atoms with E-state index in [-0.39, 0.29) is 0 Å². The molecule has 0 nitrogen and oxygen atoms in total. The molecular weight excluding hydrogens is 108 g/mol. The van der Waals surface area contributed by atoms with Gasteiger partial charge in [-0.25, -0.2) is 0 Å². The fourth-order valence-electron chi connectivity index (χ4n) is 0. The molecule has 4 heavy (non-hydrogen) atoms. The van der Waals surface area contributed by atoms with E-state index in [1.807, 2.05) is 6.26 Å². The lowest BCUT2D eigenvalue weighted by atomic mass is 12.0. The molecule has 3 heteroatoms. The van der Waals surface area contributed by atoms with Gasteiger partial charge < -0.3 is 0 Å². The Balaban J connectivity index is 1.97. The maximum atomic E-state index is 4.43. The summed E-state index contributed by atoms with van der Waals surface area (Å²) in [4.78, 5) is 0. The molecule has 0 N–H and O–H groups in total. The highest BCUT2D eigenvalue weighted by Crippen LogP contribution is 2.19. The summed E-state index contributed by atoms with van der Waals surface area (Å²) in [6, 6.07) is 0. The van der Waals surface area contributed by atoms with Gasteiger partial charge in [0.05, 0.1) is 0 Å². The summed E-state index contributed by atoms with van der Waals surface area (Å²) in [6.07, 6.45) is 1.96. The van der Waals surface area contributed by atoms with E-state index in [1.54, 1.807) is 10.8 Å². The van der Waals surface area contributed by atoms with Gasteiger partial charge in [0.15, 0.2) is 0 Å². The predicted octanol–water partition coefficient (Wildman–Crippen LogP) is 2.11. The zero-order valence-corrected chi connectivity index (χ0v) is 4.67. The molecule has 0 saturated carbocycles. The highest BCUT2D eigenvalue weighted by molar-refractivity contribution is 9.05. The average Bonchev–Trinajstić information content (AvgIpc) is 1.37. The van der Waals surface area contributed by atoms with E-state index in [0.717, 1.165) is 0 Å². The fraction of sp³-hybridized carbons (Fsp3) is 1.00. The highest BCUT2D eigenvalue weighted by Gasteiger charge is 1.58. The van der Waals surface area contributed by atoms with Crippen LogP contribution in [0.25, 0.3) is 0 Å². The quantitative estimate of drug-likeness (QED) is 0.475. The van der Waals surface area contributed by atoms with E-state index in [2.05, 4.69) is 11.7 Å². The largest absolute Gasteiger partial charge is 0.0851 e. The molecule has 0 rings (SSSR count). The van der Waals surface area contributed by atoms with Gasteiger partial charge in [0.25, 0.3) is 0 Å². The second-order valence-electron chi connectivity index (χ2n) is 0.235. The Labute approximate surface area is 38.9 Å².